The summed E-state index contributed by atoms with van der Waals surface area (Å²) < 4.78 is 0. The lowest BCUT2D eigenvalue weighted by Crippen LogP contribution is -2.49. The van der Waals surface area contributed by atoms with E-state index in [1.165, 1.54) is 103 Å². The van der Waals surface area contributed by atoms with Crippen molar-refractivity contribution in [3.8, 4) is 0 Å². The highest BCUT2D eigenvalue weighted by Crippen LogP contribution is 2.15. The molecule has 1 amide bonds. The van der Waals surface area contributed by atoms with Crippen molar-refractivity contribution < 1.29 is 30.3 Å². The van der Waals surface area contributed by atoms with Crippen LogP contribution in [-0.2, 0) is 4.79 Å². The number of unbranched alkanes of at least 4 members (excludes halogenated alkanes) is 18. The molecule has 7 nitrogen and oxygen atoms in total. The Balaban J connectivity index is 3.38. The van der Waals surface area contributed by atoms with Crippen molar-refractivity contribution >= 4 is 5.91 Å². The maximum absolute atomic E-state index is 11.9. The number of aliphatic hydroxyl groups is 5. The van der Waals surface area contributed by atoms with Crippen LogP contribution in [0.3, 0.4) is 0 Å². The first-order chi connectivity index (χ1) is 16.9. The Morgan fingerprint density at radius 1 is 0.571 bits per heavy atom. The third-order valence-electron chi connectivity index (χ3n) is 6.84. The van der Waals surface area contributed by atoms with Gasteiger partial charge in [-0.15, -0.1) is 0 Å². The Hall–Kier alpha value is -0.730. The molecule has 0 aliphatic heterocycles. The van der Waals surface area contributed by atoms with E-state index in [0.29, 0.717) is 6.42 Å². The van der Waals surface area contributed by atoms with Crippen LogP contribution in [0, 0.1) is 0 Å². The third-order valence-corrected chi connectivity index (χ3v) is 6.84. The van der Waals surface area contributed by atoms with Gasteiger partial charge in [-0.05, 0) is 6.42 Å². The van der Waals surface area contributed by atoms with Crippen LogP contribution >= 0.6 is 0 Å². The van der Waals surface area contributed by atoms with Gasteiger partial charge >= 0.3 is 0 Å². The molecule has 0 aliphatic rings. The monoisotopic (exact) mass is 503 g/mol. The topological polar surface area (TPSA) is 130 Å². The van der Waals surface area contributed by atoms with E-state index in [-0.39, 0.29) is 12.5 Å². The van der Waals surface area contributed by atoms with Gasteiger partial charge in [0, 0.05) is 13.0 Å². The van der Waals surface area contributed by atoms with Gasteiger partial charge in [0.1, 0.15) is 18.3 Å². The van der Waals surface area contributed by atoms with E-state index in [2.05, 4.69) is 12.2 Å². The molecular weight excluding hydrogens is 446 g/mol. The zero-order valence-corrected chi connectivity index (χ0v) is 22.5. The number of carbonyl (C=O) groups excluding carboxylic acids is 1. The highest BCUT2D eigenvalue weighted by atomic mass is 16.4. The molecule has 0 rings (SSSR count). The SMILES string of the molecule is CCCCCCCCCCCCCCCCCCCCCC(=O)NC[C@H](O)[C@@H](O)[C@H](O)[C@H](O)CO. The van der Waals surface area contributed by atoms with Crippen molar-refractivity contribution in [1.29, 1.82) is 0 Å². The van der Waals surface area contributed by atoms with Gasteiger partial charge in [0.2, 0.25) is 5.91 Å². The Morgan fingerprint density at radius 2 is 0.914 bits per heavy atom. The first kappa shape index (κ1) is 34.3. The smallest absolute Gasteiger partial charge is 0.220 e. The van der Waals surface area contributed by atoms with Gasteiger partial charge in [-0.1, -0.05) is 122 Å². The Morgan fingerprint density at radius 3 is 1.29 bits per heavy atom. The Labute approximate surface area is 214 Å². The molecule has 6 N–H and O–H groups in total. The lowest BCUT2D eigenvalue weighted by molar-refractivity contribution is -0.126. The average Bonchev–Trinajstić information content (AvgIpc) is 2.87. The molecule has 0 bridgehead atoms. The number of amides is 1. The molecule has 7 heteroatoms. The summed E-state index contributed by atoms with van der Waals surface area (Å²) in [5, 5.41) is 49.7. The normalized spacial score (nSPS) is 15.0. The van der Waals surface area contributed by atoms with E-state index in [4.69, 9.17) is 5.11 Å². The molecule has 0 spiro atoms. The standard InChI is InChI=1S/C28H57NO6/c1-2-3-4-5-6-7-8-9-10-11-12-13-14-15-16-17-18-19-20-21-26(33)29-22-24(31)27(34)28(35)25(32)23-30/h24-25,27-28,30-32,34-35H,2-23H2,1H3,(H,29,33)/t24-,25+,27+,28+/m0/s1. The number of hydrogen-bond acceptors (Lipinski definition) is 6. The number of rotatable bonds is 26. The number of hydrogen-bond donors (Lipinski definition) is 6. The van der Waals surface area contributed by atoms with Crippen molar-refractivity contribution in [2.75, 3.05) is 13.2 Å². The van der Waals surface area contributed by atoms with Crippen LogP contribution in [0.25, 0.3) is 0 Å². The minimum Gasteiger partial charge on any atom is -0.394 e. The molecule has 0 aromatic carbocycles. The highest BCUT2D eigenvalue weighted by molar-refractivity contribution is 5.75. The minimum absolute atomic E-state index is 0.208. The van der Waals surface area contributed by atoms with Gasteiger partial charge < -0.3 is 30.8 Å². The average molecular weight is 504 g/mol. The van der Waals surface area contributed by atoms with Crippen LogP contribution in [-0.4, -0.2) is 69.0 Å². The fourth-order valence-corrected chi connectivity index (χ4v) is 4.35. The first-order valence-electron chi connectivity index (χ1n) is 14.5. The van der Waals surface area contributed by atoms with Gasteiger partial charge in [0.05, 0.1) is 12.7 Å². The van der Waals surface area contributed by atoms with Crippen molar-refractivity contribution in [3.63, 3.8) is 0 Å². The number of carbonyl (C=O) groups is 1. The van der Waals surface area contributed by atoms with Gasteiger partial charge in [-0.2, -0.15) is 0 Å². The molecule has 0 saturated heterocycles. The summed E-state index contributed by atoms with van der Waals surface area (Å²) in [5.74, 6) is -0.208. The molecule has 35 heavy (non-hydrogen) atoms. The van der Waals surface area contributed by atoms with Crippen LogP contribution in [0.5, 0.6) is 0 Å². The fraction of sp³-hybridized carbons (Fsp3) is 0.964. The predicted molar refractivity (Wildman–Crippen MR) is 142 cm³/mol. The lowest BCUT2D eigenvalue weighted by atomic mass is 10.0. The van der Waals surface area contributed by atoms with Gasteiger partial charge in [0.25, 0.3) is 0 Å². The zero-order valence-electron chi connectivity index (χ0n) is 22.5. The highest BCUT2D eigenvalue weighted by Gasteiger charge is 2.30. The fourth-order valence-electron chi connectivity index (χ4n) is 4.35. The summed E-state index contributed by atoms with van der Waals surface area (Å²) in [6.07, 6.45) is 18.8. The molecule has 210 valence electrons. The van der Waals surface area contributed by atoms with Gasteiger partial charge in [0.15, 0.2) is 0 Å². The first-order valence-corrected chi connectivity index (χ1v) is 14.5. The van der Waals surface area contributed by atoms with Crippen molar-refractivity contribution in [1.82, 2.24) is 5.32 Å². The molecule has 4 atom stereocenters. The van der Waals surface area contributed by atoms with E-state index >= 15 is 0 Å². The second-order valence-corrected chi connectivity index (χ2v) is 10.2. The number of aliphatic hydroxyl groups excluding tert-OH is 5. The molecule has 0 aliphatic carbocycles. The van der Waals surface area contributed by atoms with Crippen LogP contribution in [0.1, 0.15) is 135 Å². The van der Waals surface area contributed by atoms with Crippen molar-refractivity contribution in [2.24, 2.45) is 0 Å². The van der Waals surface area contributed by atoms with Crippen molar-refractivity contribution in [3.05, 3.63) is 0 Å². The van der Waals surface area contributed by atoms with Crippen LogP contribution in [0.15, 0.2) is 0 Å². The summed E-state index contributed by atoms with van der Waals surface area (Å²) in [6, 6.07) is 0. The quantitative estimate of drug-likeness (QED) is 0.0973. The summed E-state index contributed by atoms with van der Waals surface area (Å²) in [6.45, 7) is 1.33. The lowest BCUT2D eigenvalue weighted by Gasteiger charge is -2.25. The summed E-state index contributed by atoms with van der Waals surface area (Å²) >= 11 is 0. The van der Waals surface area contributed by atoms with E-state index in [0.717, 1.165) is 19.3 Å². The van der Waals surface area contributed by atoms with Crippen molar-refractivity contribution in [2.45, 2.75) is 160 Å². The maximum Gasteiger partial charge on any atom is 0.220 e. The maximum atomic E-state index is 11.9. The van der Waals surface area contributed by atoms with Crippen LogP contribution in [0.2, 0.25) is 0 Å². The minimum atomic E-state index is -1.67. The Kier molecular flexibility index (Phi) is 24.4. The molecule has 0 saturated carbocycles. The summed E-state index contributed by atoms with van der Waals surface area (Å²) in [7, 11) is 0. The van der Waals surface area contributed by atoms with E-state index in [1.807, 2.05) is 0 Å². The zero-order chi connectivity index (χ0) is 26.2. The molecular formula is C28H57NO6. The predicted octanol–water partition coefficient (Wildman–Crippen LogP) is 4.36. The van der Waals surface area contributed by atoms with E-state index < -0.39 is 31.0 Å². The van der Waals surface area contributed by atoms with E-state index in [9.17, 15) is 25.2 Å². The van der Waals surface area contributed by atoms with Crippen LogP contribution < -0.4 is 5.32 Å². The largest absolute Gasteiger partial charge is 0.394 e. The molecule has 0 radical (unpaired) electrons. The third kappa shape index (κ3) is 21.1. The molecule has 0 fully saturated rings. The second-order valence-electron chi connectivity index (χ2n) is 10.2. The molecule has 0 aromatic rings. The van der Waals surface area contributed by atoms with Crippen LogP contribution in [0.4, 0.5) is 0 Å². The molecule has 0 heterocycles. The summed E-state index contributed by atoms with van der Waals surface area (Å²) in [5.41, 5.74) is 0. The second kappa shape index (κ2) is 24.9. The van der Waals surface area contributed by atoms with Gasteiger partial charge in [-0.3, -0.25) is 4.79 Å². The Bertz CT molecular complexity index is 465. The molecule has 0 unspecified atom stereocenters. The van der Waals surface area contributed by atoms with Gasteiger partial charge in [-0.25, -0.2) is 0 Å². The van der Waals surface area contributed by atoms with E-state index in [1.54, 1.807) is 0 Å². The summed E-state index contributed by atoms with van der Waals surface area (Å²) in [4.78, 5) is 11.9. The number of nitrogens with one attached hydrogen (secondary N) is 1. The molecule has 0 aromatic heterocycles.